The number of amides is 1. The van der Waals surface area contributed by atoms with Crippen molar-refractivity contribution in [1.82, 2.24) is 19.8 Å². The first kappa shape index (κ1) is 14.1. The predicted molar refractivity (Wildman–Crippen MR) is 81.6 cm³/mol. The van der Waals surface area contributed by atoms with Gasteiger partial charge in [0.1, 0.15) is 5.82 Å². The van der Waals surface area contributed by atoms with Gasteiger partial charge in [-0.1, -0.05) is 0 Å². The molecule has 2 aliphatic heterocycles. The van der Waals surface area contributed by atoms with Gasteiger partial charge in [0.25, 0.3) is 0 Å². The van der Waals surface area contributed by atoms with Gasteiger partial charge in [0.15, 0.2) is 0 Å². The van der Waals surface area contributed by atoms with E-state index in [1.165, 1.54) is 0 Å². The topological polar surface area (TPSA) is 55.8 Å². The average Bonchev–Trinajstić information content (AvgIpc) is 2.56. The van der Waals surface area contributed by atoms with Crippen LogP contribution < -0.4 is 9.80 Å². The van der Waals surface area contributed by atoms with Crippen molar-refractivity contribution in [2.45, 2.75) is 0 Å². The minimum Gasteiger partial charge on any atom is -0.353 e. The molecule has 1 aromatic rings. The van der Waals surface area contributed by atoms with Gasteiger partial charge in [-0.15, -0.1) is 0 Å². The Morgan fingerprint density at radius 1 is 1.00 bits per heavy atom. The molecule has 7 heteroatoms. The predicted octanol–water partition coefficient (Wildman–Crippen LogP) is -0.493. The smallest absolute Gasteiger partial charge is 0.227 e. The Hall–Kier alpha value is -1.89. The summed E-state index contributed by atoms with van der Waals surface area (Å²) in [6.07, 6.45) is 2.76. The molecule has 0 saturated carbocycles. The van der Waals surface area contributed by atoms with E-state index in [0.717, 1.165) is 70.5 Å². The van der Waals surface area contributed by atoms with E-state index in [4.69, 9.17) is 4.98 Å². The normalized spacial score (nSPS) is 20.7. The third-order valence-corrected chi connectivity index (χ3v) is 4.20. The second kappa shape index (κ2) is 6.26. The number of carbonyl (C=O) groups is 1. The largest absolute Gasteiger partial charge is 0.353 e. The highest BCUT2D eigenvalue weighted by atomic mass is 16.1. The molecule has 2 aliphatic rings. The van der Waals surface area contributed by atoms with Gasteiger partial charge < -0.3 is 19.6 Å². The maximum atomic E-state index is 10.8. The zero-order valence-corrected chi connectivity index (χ0v) is 12.5. The van der Waals surface area contributed by atoms with Crippen LogP contribution in [0.15, 0.2) is 12.3 Å². The SMILES string of the molecule is CN1CCN(c2nccc(N3CCN(C=O)CC3)n2)CC1. The summed E-state index contributed by atoms with van der Waals surface area (Å²) in [5.41, 5.74) is 0. The number of aromatic nitrogens is 2. The van der Waals surface area contributed by atoms with Gasteiger partial charge in [-0.25, -0.2) is 4.98 Å². The Balaban J connectivity index is 1.67. The first-order valence-corrected chi connectivity index (χ1v) is 7.47. The summed E-state index contributed by atoms with van der Waals surface area (Å²) in [6, 6.07) is 1.95. The monoisotopic (exact) mass is 290 g/mol. The van der Waals surface area contributed by atoms with Crippen LogP contribution in [-0.2, 0) is 4.79 Å². The summed E-state index contributed by atoms with van der Waals surface area (Å²) in [6.45, 7) is 7.22. The zero-order valence-electron chi connectivity index (χ0n) is 12.5. The molecule has 3 rings (SSSR count). The van der Waals surface area contributed by atoms with Crippen molar-refractivity contribution in [3.8, 4) is 0 Å². The average molecular weight is 290 g/mol. The van der Waals surface area contributed by atoms with Crippen LogP contribution in [0.3, 0.4) is 0 Å². The molecule has 114 valence electrons. The van der Waals surface area contributed by atoms with Crippen LogP contribution in [0.25, 0.3) is 0 Å². The Morgan fingerprint density at radius 3 is 2.33 bits per heavy atom. The van der Waals surface area contributed by atoms with Gasteiger partial charge in [-0.2, -0.15) is 4.98 Å². The van der Waals surface area contributed by atoms with E-state index in [1.807, 2.05) is 12.3 Å². The number of anilines is 2. The van der Waals surface area contributed by atoms with Gasteiger partial charge in [-0.05, 0) is 13.1 Å². The number of nitrogens with zero attached hydrogens (tertiary/aromatic N) is 6. The molecule has 2 fully saturated rings. The summed E-state index contributed by atoms with van der Waals surface area (Å²) in [4.78, 5) is 28.5. The number of hydrogen-bond acceptors (Lipinski definition) is 6. The summed E-state index contributed by atoms with van der Waals surface area (Å²) in [5.74, 6) is 1.78. The first-order valence-electron chi connectivity index (χ1n) is 7.47. The molecule has 7 nitrogen and oxygen atoms in total. The lowest BCUT2D eigenvalue weighted by molar-refractivity contribution is -0.118. The van der Waals surface area contributed by atoms with E-state index in [9.17, 15) is 4.79 Å². The fourth-order valence-corrected chi connectivity index (χ4v) is 2.73. The summed E-state index contributed by atoms with van der Waals surface area (Å²) in [7, 11) is 2.14. The van der Waals surface area contributed by atoms with Crippen molar-refractivity contribution in [1.29, 1.82) is 0 Å². The lowest BCUT2D eigenvalue weighted by atomic mass is 10.3. The fraction of sp³-hybridized carbons (Fsp3) is 0.643. The molecule has 0 radical (unpaired) electrons. The first-order chi connectivity index (χ1) is 10.3. The molecule has 0 N–H and O–H groups in total. The minimum atomic E-state index is 0.761. The Labute approximate surface area is 125 Å². The molecule has 0 aromatic carbocycles. The van der Waals surface area contributed by atoms with Crippen molar-refractivity contribution in [3.63, 3.8) is 0 Å². The Bertz CT molecular complexity index is 480. The molecular weight excluding hydrogens is 268 g/mol. The standard InChI is InChI=1S/C14H22N6O/c1-17-4-8-20(9-5-17)14-15-3-2-13(16-14)19-10-6-18(12-21)7-11-19/h2-3,12H,4-11H2,1H3. The molecule has 21 heavy (non-hydrogen) atoms. The maximum absolute atomic E-state index is 10.8. The van der Waals surface area contributed by atoms with Crippen LogP contribution >= 0.6 is 0 Å². The van der Waals surface area contributed by atoms with Crippen LogP contribution in [0, 0.1) is 0 Å². The summed E-state index contributed by atoms with van der Waals surface area (Å²) in [5, 5.41) is 0. The third kappa shape index (κ3) is 3.24. The van der Waals surface area contributed by atoms with E-state index in [0.29, 0.717) is 0 Å². The number of carbonyl (C=O) groups excluding carboxylic acids is 1. The zero-order chi connectivity index (χ0) is 14.7. The number of piperazine rings is 2. The molecule has 1 amide bonds. The van der Waals surface area contributed by atoms with Gasteiger partial charge in [0, 0.05) is 58.6 Å². The van der Waals surface area contributed by atoms with Crippen LogP contribution in [0.5, 0.6) is 0 Å². The summed E-state index contributed by atoms with van der Waals surface area (Å²) >= 11 is 0. The molecule has 0 bridgehead atoms. The summed E-state index contributed by atoms with van der Waals surface area (Å²) < 4.78 is 0. The van der Waals surface area contributed by atoms with E-state index in [-0.39, 0.29) is 0 Å². The lowest BCUT2D eigenvalue weighted by Crippen LogP contribution is -2.47. The van der Waals surface area contributed by atoms with E-state index in [2.05, 4.69) is 26.7 Å². The molecule has 0 unspecified atom stereocenters. The highest BCUT2D eigenvalue weighted by molar-refractivity contribution is 5.49. The highest BCUT2D eigenvalue weighted by Gasteiger charge is 2.20. The minimum absolute atomic E-state index is 0.761. The molecule has 2 saturated heterocycles. The van der Waals surface area contributed by atoms with Crippen molar-refractivity contribution < 1.29 is 4.79 Å². The van der Waals surface area contributed by atoms with Crippen molar-refractivity contribution in [2.24, 2.45) is 0 Å². The Morgan fingerprint density at radius 2 is 1.67 bits per heavy atom. The molecular formula is C14H22N6O. The second-order valence-corrected chi connectivity index (χ2v) is 5.63. The maximum Gasteiger partial charge on any atom is 0.227 e. The second-order valence-electron chi connectivity index (χ2n) is 5.63. The molecule has 0 aliphatic carbocycles. The van der Waals surface area contributed by atoms with Crippen LogP contribution in [0.4, 0.5) is 11.8 Å². The Kier molecular flexibility index (Phi) is 4.19. The van der Waals surface area contributed by atoms with Gasteiger partial charge in [0.05, 0.1) is 0 Å². The van der Waals surface area contributed by atoms with Crippen LogP contribution in [-0.4, -0.2) is 85.6 Å². The van der Waals surface area contributed by atoms with E-state index in [1.54, 1.807) is 4.90 Å². The van der Waals surface area contributed by atoms with Crippen molar-refractivity contribution in [2.75, 3.05) is 69.2 Å². The van der Waals surface area contributed by atoms with Gasteiger partial charge >= 0.3 is 0 Å². The number of rotatable bonds is 3. The van der Waals surface area contributed by atoms with Gasteiger partial charge in [-0.3, -0.25) is 4.79 Å². The number of hydrogen-bond donors (Lipinski definition) is 0. The van der Waals surface area contributed by atoms with Gasteiger partial charge in [0.2, 0.25) is 12.4 Å². The van der Waals surface area contributed by atoms with Crippen LogP contribution in [0.2, 0.25) is 0 Å². The fourth-order valence-electron chi connectivity index (χ4n) is 2.73. The molecule has 3 heterocycles. The molecule has 0 atom stereocenters. The van der Waals surface area contributed by atoms with Crippen molar-refractivity contribution >= 4 is 18.2 Å². The number of likely N-dealkylation sites (N-methyl/N-ethyl adjacent to an activating group) is 1. The van der Waals surface area contributed by atoms with E-state index >= 15 is 0 Å². The lowest BCUT2D eigenvalue weighted by Gasteiger charge is -2.35. The van der Waals surface area contributed by atoms with E-state index < -0.39 is 0 Å². The third-order valence-electron chi connectivity index (χ3n) is 4.20. The highest BCUT2D eigenvalue weighted by Crippen LogP contribution is 2.17. The van der Waals surface area contributed by atoms with Crippen LogP contribution in [0.1, 0.15) is 0 Å². The molecule has 1 aromatic heterocycles. The van der Waals surface area contributed by atoms with Crippen molar-refractivity contribution in [3.05, 3.63) is 12.3 Å². The molecule has 0 spiro atoms. The quantitative estimate of drug-likeness (QED) is 0.700.